The lowest BCUT2D eigenvalue weighted by Crippen LogP contribution is -2.36. The molecule has 0 aliphatic carbocycles. The zero-order chi connectivity index (χ0) is 13.8. The molecule has 1 saturated heterocycles. The highest BCUT2D eigenvalue weighted by molar-refractivity contribution is 5.91. The summed E-state index contributed by atoms with van der Waals surface area (Å²) in [5.74, 6) is 1.36. The van der Waals surface area contributed by atoms with Gasteiger partial charge in [0.05, 0.1) is 0 Å². The summed E-state index contributed by atoms with van der Waals surface area (Å²) in [6, 6.07) is 3.92. The Morgan fingerprint density at radius 3 is 2.58 bits per heavy atom. The van der Waals surface area contributed by atoms with Gasteiger partial charge >= 0.3 is 0 Å². The number of hydrogen-bond donors (Lipinski definition) is 1. The molecular formula is C15H23N3O. The second-order valence-corrected chi connectivity index (χ2v) is 5.70. The molecule has 1 N–H and O–H groups in total. The van der Waals surface area contributed by atoms with E-state index in [0.29, 0.717) is 11.7 Å². The molecule has 1 aliphatic rings. The van der Waals surface area contributed by atoms with Crippen LogP contribution in [0.4, 0.5) is 5.82 Å². The fourth-order valence-electron chi connectivity index (χ4n) is 2.32. The molecule has 0 saturated carbocycles. The van der Waals surface area contributed by atoms with Crippen molar-refractivity contribution in [2.24, 2.45) is 5.92 Å². The molecule has 0 bridgehead atoms. The third-order valence-electron chi connectivity index (χ3n) is 3.79. The number of nitrogens with zero attached hydrogens (tertiary/aromatic N) is 2. The summed E-state index contributed by atoms with van der Waals surface area (Å²) in [4.78, 5) is 18.7. The third kappa shape index (κ3) is 3.77. The van der Waals surface area contributed by atoms with Crippen LogP contribution in [0.25, 0.3) is 0 Å². The van der Waals surface area contributed by atoms with Crippen molar-refractivity contribution < 1.29 is 4.79 Å². The number of rotatable bonds is 3. The molecule has 104 valence electrons. The van der Waals surface area contributed by atoms with Crippen molar-refractivity contribution in [2.45, 2.75) is 32.6 Å². The summed E-state index contributed by atoms with van der Waals surface area (Å²) in [7, 11) is 2.10. The number of likely N-dealkylation sites (tertiary alicyclic amines) is 1. The van der Waals surface area contributed by atoms with E-state index >= 15 is 0 Å². The Morgan fingerprint density at radius 2 is 2.05 bits per heavy atom. The van der Waals surface area contributed by atoms with Gasteiger partial charge in [-0.1, -0.05) is 19.9 Å². The second kappa shape index (κ2) is 6.15. The molecule has 0 atom stereocenters. The van der Waals surface area contributed by atoms with Crippen molar-refractivity contribution >= 4 is 11.7 Å². The van der Waals surface area contributed by atoms with Crippen LogP contribution in [0.15, 0.2) is 18.3 Å². The fraction of sp³-hybridized carbons (Fsp3) is 0.600. The van der Waals surface area contributed by atoms with Crippen LogP contribution in [0.3, 0.4) is 0 Å². The monoisotopic (exact) mass is 261 g/mol. The number of aromatic nitrogens is 1. The number of nitrogens with one attached hydrogen (secondary N) is 1. The molecule has 1 aromatic heterocycles. The molecule has 2 rings (SSSR count). The first-order valence-electron chi connectivity index (χ1n) is 7.01. The quantitative estimate of drug-likeness (QED) is 0.909. The van der Waals surface area contributed by atoms with E-state index in [1.807, 2.05) is 18.3 Å². The summed E-state index contributed by atoms with van der Waals surface area (Å²) in [6.45, 7) is 6.26. The molecule has 4 nitrogen and oxygen atoms in total. The summed E-state index contributed by atoms with van der Waals surface area (Å²) in [6.07, 6.45) is 3.72. The summed E-state index contributed by atoms with van der Waals surface area (Å²) >= 11 is 0. The van der Waals surface area contributed by atoms with Gasteiger partial charge in [-0.3, -0.25) is 4.79 Å². The smallest absolute Gasteiger partial charge is 0.228 e. The molecule has 1 fully saturated rings. The molecule has 1 amide bonds. The minimum absolute atomic E-state index is 0.109. The Kier molecular flexibility index (Phi) is 4.53. The third-order valence-corrected chi connectivity index (χ3v) is 3.79. The van der Waals surface area contributed by atoms with Gasteiger partial charge in [-0.2, -0.15) is 0 Å². The van der Waals surface area contributed by atoms with Gasteiger partial charge in [-0.15, -0.1) is 0 Å². The van der Waals surface area contributed by atoms with Gasteiger partial charge in [-0.05, 0) is 50.5 Å². The van der Waals surface area contributed by atoms with Crippen molar-refractivity contribution in [3.05, 3.63) is 23.9 Å². The zero-order valence-electron chi connectivity index (χ0n) is 12.0. The lowest BCUT2D eigenvalue weighted by molar-refractivity contribution is -0.121. The number of amides is 1. The predicted octanol–water partition coefficient (Wildman–Crippen LogP) is 2.49. The lowest BCUT2D eigenvalue weighted by Gasteiger charge is -2.27. The normalized spacial score (nSPS) is 17.7. The highest BCUT2D eigenvalue weighted by atomic mass is 16.1. The second-order valence-electron chi connectivity index (χ2n) is 5.70. The maximum Gasteiger partial charge on any atom is 0.228 e. The Bertz CT molecular complexity index is 420. The molecule has 0 spiro atoms. The van der Waals surface area contributed by atoms with Crippen LogP contribution in [0.5, 0.6) is 0 Å². The Hall–Kier alpha value is -1.42. The fourth-order valence-corrected chi connectivity index (χ4v) is 2.32. The first-order chi connectivity index (χ1) is 9.06. The zero-order valence-corrected chi connectivity index (χ0v) is 12.0. The number of carbonyl (C=O) groups excluding carboxylic acids is 1. The van der Waals surface area contributed by atoms with Crippen molar-refractivity contribution in [1.82, 2.24) is 9.88 Å². The van der Waals surface area contributed by atoms with Gasteiger partial charge in [0.1, 0.15) is 5.82 Å². The summed E-state index contributed by atoms with van der Waals surface area (Å²) in [5, 5.41) is 2.92. The van der Waals surface area contributed by atoms with E-state index < -0.39 is 0 Å². The van der Waals surface area contributed by atoms with Gasteiger partial charge in [0.15, 0.2) is 0 Å². The number of pyridine rings is 1. The van der Waals surface area contributed by atoms with E-state index in [9.17, 15) is 4.79 Å². The molecule has 19 heavy (non-hydrogen) atoms. The number of hydrogen-bond acceptors (Lipinski definition) is 3. The number of piperidine rings is 1. The average Bonchev–Trinajstić information content (AvgIpc) is 2.40. The van der Waals surface area contributed by atoms with Gasteiger partial charge < -0.3 is 10.2 Å². The Balaban J connectivity index is 1.91. The van der Waals surface area contributed by atoms with Crippen molar-refractivity contribution in [2.75, 3.05) is 25.5 Å². The van der Waals surface area contributed by atoms with E-state index in [1.54, 1.807) is 0 Å². The van der Waals surface area contributed by atoms with Gasteiger partial charge in [0, 0.05) is 12.1 Å². The number of anilines is 1. The standard InChI is InChI=1S/C15H23N3O/c1-11(2)13-4-5-14(16-10-13)17-15(19)12-6-8-18(3)9-7-12/h4-5,10-12H,6-9H2,1-3H3,(H,16,17,19). The van der Waals surface area contributed by atoms with Crippen molar-refractivity contribution in [1.29, 1.82) is 0 Å². The van der Waals surface area contributed by atoms with Crippen LogP contribution in [-0.4, -0.2) is 35.9 Å². The van der Waals surface area contributed by atoms with Crippen LogP contribution in [0.2, 0.25) is 0 Å². The predicted molar refractivity (Wildman–Crippen MR) is 77.2 cm³/mol. The highest BCUT2D eigenvalue weighted by Crippen LogP contribution is 2.19. The van der Waals surface area contributed by atoms with E-state index in [1.165, 1.54) is 5.56 Å². The van der Waals surface area contributed by atoms with Crippen LogP contribution in [0, 0.1) is 5.92 Å². The molecule has 0 unspecified atom stereocenters. The average molecular weight is 261 g/mol. The van der Waals surface area contributed by atoms with E-state index in [2.05, 4.69) is 36.1 Å². The molecule has 4 heteroatoms. The SMILES string of the molecule is CC(C)c1ccc(NC(=O)C2CCN(C)CC2)nc1. The van der Waals surface area contributed by atoms with E-state index in [-0.39, 0.29) is 11.8 Å². The minimum atomic E-state index is 0.109. The summed E-state index contributed by atoms with van der Waals surface area (Å²) < 4.78 is 0. The molecule has 1 aliphatic heterocycles. The van der Waals surface area contributed by atoms with Crippen LogP contribution < -0.4 is 5.32 Å². The lowest BCUT2D eigenvalue weighted by atomic mass is 9.96. The van der Waals surface area contributed by atoms with Gasteiger partial charge in [0.25, 0.3) is 0 Å². The largest absolute Gasteiger partial charge is 0.310 e. The maximum atomic E-state index is 12.1. The van der Waals surface area contributed by atoms with Crippen LogP contribution >= 0.6 is 0 Å². The van der Waals surface area contributed by atoms with Crippen LogP contribution in [-0.2, 0) is 4.79 Å². The highest BCUT2D eigenvalue weighted by Gasteiger charge is 2.23. The Morgan fingerprint density at radius 1 is 1.37 bits per heavy atom. The van der Waals surface area contributed by atoms with E-state index in [4.69, 9.17) is 0 Å². The van der Waals surface area contributed by atoms with Gasteiger partial charge in [0.2, 0.25) is 5.91 Å². The van der Waals surface area contributed by atoms with Crippen molar-refractivity contribution in [3.63, 3.8) is 0 Å². The minimum Gasteiger partial charge on any atom is -0.310 e. The molecule has 2 heterocycles. The molecule has 1 aromatic rings. The van der Waals surface area contributed by atoms with E-state index in [0.717, 1.165) is 25.9 Å². The molecule has 0 radical (unpaired) electrons. The molecular weight excluding hydrogens is 238 g/mol. The maximum absolute atomic E-state index is 12.1. The Labute approximate surface area is 115 Å². The first-order valence-corrected chi connectivity index (χ1v) is 7.01. The van der Waals surface area contributed by atoms with Gasteiger partial charge in [-0.25, -0.2) is 4.98 Å². The van der Waals surface area contributed by atoms with Crippen LogP contribution in [0.1, 0.15) is 38.2 Å². The summed E-state index contributed by atoms with van der Waals surface area (Å²) in [5.41, 5.74) is 1.19. The topological polar surface area (TPSA) is 45.2 Å². The van der Waals surface area contributed by atoms with Crippen molar-refractivity contribution in [3.8, 4) is 0 Å². The number of carbonyl (C=O) groups is 1. The molecule has 0 aromatic carbocycles. The first kappa shape index (κ1) is 14.0.